The van der Waals surface area contributed by atoms with Crippen molar-refractivity contribution in [2.24, 2.45) is 0 Å². The van der Waals surface area contributed by atoms with E-state index in [2.05, 4.69) is 21.2 Å². The van der Waals surface area contributed by atoms with E-state index in [-0.39, 0.29) is 12.5 Å². The molecular formula is C14H14BrNO3. The summed E-state index contributed by atoms with van der Waals surface area (Å²) in [6.45, 7) is 1.78. The molecule has 0 bridgehead atoms. The van der Waals surface area contributed by atoms with Crippen molar-refractivity contribution in [1.82, 2.24) is 5.32 Å². The van der Waals surface area contributed by atoms with Gasteiger partial charge in [-0.3, -0.25) is 4.79 Å². The lowest BCUT2D eigenvalue weighted by Gasteiger charge is -2.24. The number of hydrogen-bond donors (Lipinski definition) is 2. The number of carbonyl (C=O) groups is 1. The number of aliphatic hydroxyl groups is 1. The molecule has 1 heterocycles. The van der Waals surface area contributed by atoms with Crippen molar-refractivity contribution in [2.75, 3.05) is 6.54 Å². The van der Waals surface area contributed by atoms with Gasteiger partial charge in [0.15, 0.2) is 4.67 Å². The smallest absolute Gasteiger partial charge is 0.254 e. The maximum absolute atomic E-state index is 11.8. The highest BCUT2D eigenvalue weighted by Crippen LogP contribution is 2.19. The number of benzene rings is 1. The van der Waals surface area contributed by atoms with Crippen molar-refractivity contribution in [3.63, 3.8) is 0 Å². The minimum absolute atomic E-state index is 0.124. The van der Waals surface area contributed by atoms with Crippen LogP contribution < -0.4 is 5.32 Å². The van der Waals surface area contributed by atoms with Crippen LogP contribution in [-0.2, 0) is 5.60 Å². The van der Waals surface area contributed by atoms with Crippen molar-refractivity contribution in [2.45, 2.75) is 12.5 Å². The van der Waals surface area contributed by atoms with Crippen LogP contribution in [0.2, 0.25) is 0 Å². The fraction of sp³-hybridized carbons (Fsp3) is 0.214. The molecule has 0 aliphatic carbocycles. The Kier molecular flexibility index (Phi) is 4.07. The molecular weight excluding hydrogens is 310 g/mol. The molecule has 1 aromatic carbocycles. The summed E-state index contributed by atoms with van der Waals surface area (Å²) in [5, 5.41) is 13.0. The standard InChI is InChI=1S/C14H14BrNO3/c1-14(18,11-5-3-2-4-6-11)9-16-13(17)10-7-12(15)19-8-10/h2-8,18H,9H2,1H3,(H,16,17). The van der Waals surface area contributed by atoms with E-state index in [1.165, 1.54) is 6.26 Å². The van der Waals surface area contributed by atoms with Crippen LogP contribution >= 0.6 is 15.9 Å². The quantitative estimate of drug-likeness (QED) is 0.909. The predicted molar refractivity (Wildman–Crippen MR) is 74.8 cm³/mol. The van der Waals surface area contributed by atoms with E-state index in [1.54, 1.807) is 13.0 Å². The molecule has 2 N–H and O–H groups in total. The van der Waals surface area contributed by atoms with E-state index in [1.807, 2.05) is 30.3 Å². The number of rotatable bonds is 4. The van der Waals surface area contributed by atoms with Crippen molar-refractivity contribution in [3.05, 3.63) is 58.5 Å². The zero-order valence-electron chi connectivity index (χ0n) is 10.4. The molecule has 2 rings (SSSR count). The molecule has 1 atom stereocenters. The second-order valence-electron chi connectivity index (χ2n) is 4.46. The molecule has 0 radical (unpaired) electrons. The van der Waals surface area contributed by atoms with Gasteiger partial charge in [0.1, 0.15) is 11.9 Å². The summed E-state index contributed by atoms with van der Waals surface area (Å²) in [7, 11) is 0. The first-order chi connectivity index (χ1) is 8.99. The lowest BCUT2D eigenvalue weighted by molar-refractivity contribution is 0.0526. The van der Waals surface area contributed by atoms with Crippen LogP contribution in [0.1, 0.15) is 22.8 Å². The second-order valence-corrected chi connectivity index (χ2v) is 5.24. The Morgan fingerprint density at radius 3 is 2.68 bits per heavy atom. The third-order valence-electron chi connectivity index (χ3n) is 2.82. The van der Waals surface area contributed by atoms with Crippen molar-refractivity contribution in [1.29, 1.82) is 0 Å². The summed E-state index contributed by atoms with van der Waals surface area (Å²) >= 11 is 3.13. The van der Waals surface area contributed by atoms with Crippen LogP contribution in [0.15, 0.2) is 51.7 Å². The molecule has 5 heteroatoms. The summed E-state index contributed by atoms with van der Waals surface area (Å²) in [6, 6.07) is 10.8. The molecule has 0 spiro atoms. The van der Waals surface area contributed by atoms with E-state index < -0.39 is 5.60 Å². The predicted octanol–water partition coefficient (Wildman–Crippen LogP) is 2.68. The number of halogens is 1. The molecule has 0 saturated heterocycles. The maximum Gasteiger partial charge on any atom is 0.254 e. The van der Waals surface area contributed by atoms with E-state index in [0.29, 0.717) is 10.2 Å². The van der Waals surface area contributed by atoms with Crippen LogP contribution in [0.4, 0.5) is 0 Å². The van der Waals surface area contributed by atoms with Gasteiger partial charge in [-0.2, -0.15) is 0 Å². The average molecular weight is 324 g/mol. The van der Waals surface area contributed by atoms with Crippen LogP contribution in [0.5, 0.6) is 0 Å². The zero-order chi connectivity index (χ0) is 13.9. The zero-order valence-corrected chi connectivity index (χ0v) is 12.0. The van der Waals surface area contributed by atoms with Crippen LogP contribution in [0.25, 0.3) is 0 Å². The largest absolute Gasteiger partial charge is 0.457 e. The van der Waals surface area contributed by atoms with Gasteiger partial charge >= 0.3 is 0 Å². The van der Waals surface area contributed by atoms with Crippen molar-refractivity contribution >= 4 is 21.8 Å². The summed E-state index contributed by atoms with van der Waals surface area (Å²) in [5.41, 5.74) is 0.0529. The van der Waals surface area contributed by atoms with Gasteiger partial charge in [-0.25, -0.2) is 0 Å². The highest BCUT2D eigenvalue weighted by Gasteiger charge is 2.24. The van der Waals surface area contributed by atoms with E-state index >= 15 is 0 Å². The Bertz CT molecular complexity index is 563. The Hall–Kier alpha value is -1.59. The molecule has 1 amide bonds. The highest BCUT2D eigenvalue weighted by molar-refractivity contribution is 9.10. The first-order valence-corrected chi connectivity index (χ1v) is 6.58. The normalized spacial score (nSPS) is 13.8. The molecule has 0 fully saturated rings. The fourth-order valence-corrected chi connectivity index (χ4v) is 2.02. The Balaban J connectivity index is 2.00. The van der Waals surface area contributed by atoms with Gasteiger partial charge in [-0.1, -0.05) is 30.3 Å². The molecule has 100 valence electrons. The second kappa shape index (κ2) is 5.59. The van der Waals surface area contributed by atoms with Crippen LogP contribution in [0, 0.1) is 0 Å². The highest BCUT2D eigenvalue weighted by atomic mass is 79.9. The molecule has 0 aliphatic rings. The molecule has 19 heavy (non-hydrogen) atoms. The van der Waals surface area contributed by atoms with Gasteiger partial charge in [0, 0.05) is 6.07 Å². The first-order valence-electron chi connectivity index (χ1n) is 5.79. The lowest BCUT2D eigenvalue weighted by atomic mass is 9.96. The summed E-state index contributed by atoms with van der Waals surface area (Å²) < 4.78 is 5.49. The van der Waals surface area contributed by atoms with Crippen LogP contribution in [0.3, 0.4) is 0 Å². The maximum atomic E-state index is 11.8. The molecule has 0 saturated carbocycles. The van der Waals surface area contributed by atoms with Crippen molar-refractivity contribution < 1.29 is 14.3 Å². The first kappa shape index (κ1) is 13.8. The Labute approximate surface area is 119 Å². The Morgan fingerprint density at radius 2 is 2.11 bits per heavy atom. The molecule has 4 nitrogen and oxygen atoms in total. The summed E-state index contributed by atoms with van der Waals surface area (Å²) in [4.78, 5) is 11.8. The third-order valence-corrected chi connectivity index (χ3v) is 3.23. The molecule has 1 unspecified atom stereocenters. The fourth-order valence-electron chi connectivity index (χ4n) is 1.68. The molecule has 2 aromatic rings. The van der Waals surface area contributed by atoms with Gasteiger partial charge in [0.05, 0.1) is 12.1 Å². The number of amides is 1. The number of carbonyl (C=O) groups excluding carboxylic acids is 1. The van der Waals surface area contributed by atoms with Gasteiger partial charge < -0.3 is 14.8 Å². The number of hydrogen-bond acceptors (Lipinski definition) is 3. The van der Waals surface area contributed by atoms with Crippen LogP contribution in [-0.4, -0.2) is 17.6 Å². The van der Waals surface area contributed by atoms with Gasteiger partial charge in [0.25, 0.3) is 5.91 Å². The monoisotopic (exact) mass is 323 g/mol. The van der Waals surface area contributed by atoms with E-state index in [0.717, 1.165) is 5.56 Å². The van der Waals surface area contributed by atoms with Gasteiger partial charge in [0.2, 0.25) is 0 Å². The minimum Gasteiger partial charge on any atom is -0.457 e. The summed E-state index contributed by atoms with van der Waals surface area (Å²) in [5.74, 6) is -0.286. The van der Waals surface area contributed by atoms with Gasteiger partial charge in [-0.15, -0.1) is 0 Å². The summed E-state index contributed by atoms with van der Waals surface area (Å²) in [6.07, 6.45) is 1.36. The average Bonchev–Trinajstić information content (AvgIpc) is 2.84. The third kappa shape index (κ3) is 3.45. The number of furan rings is 1. The number of nitrogens with one attached hydrogen (secondary N) is 1. The molecule has 0 aliphatic heterocycles. The SMILES string of the molecule is CC(O)(CNC(=O)c1coc(Br)c1)c1ccccc1. The van der Waals surface area contributed by atoms with E-state index in [9.17, 15) is 9.90 Å². The minimum atomic E-state index is -1.11. The van der Waals surface area contributed by atoms with Crippen molar-refractivity contribution in [3.8, 4) is 0 Å². The lowest BCUT2D eigenvalue weighted by Crippen LogP contribution is -2.38. The molecule has 1 aromatic heterocycles. The topological polar surface area (TPSA) is 62.5 Å². The Morgan fingerprint density at radius 1 is 1.42 bits per heavy atom. The van der Waals surface area contributed by atoms with E-state index in [4.69, 9.17) is 4.42 Å². The van der Waals surface area contributed by atoms with Gasteiger partial charge in [-0.05, 0) is 28.4 Å².